The average Bonchev–Trinajstić information content (AvgIpc) is 3.45. The second-order valence-corrected chi connectivity index (χ2v) is 7.45. The summed E-state index contributed by atoms with van der Waals surface area (Å²) in [6.45, 7) is 2.02. The van der Waals surface area contributed by atoms with Crippen molar-refractivity contribution in [3.05, 3.63) is 83.6 Å². The van der Waals surface area contributed by atoms with Gasteiger partial charge >= 0.3 is 6.18 Å². The van der Waals surface area contributed by atoms with E-state index in [0.717, 1.165) is 36.4 Å². The molecule has 4 heterocycles. The highest BCUT2D eigenvalue weighted by Gasteiger charge is 2.30. The molecule has 0 bridgehead atoms. The monoisotopic (exact) mass is 425 g/mol. The van der Waals surface area contributed by atoms with Crippen LogP contribution in [0.1, 0.15) is 22.6 Å². The van der Waals surface area contributed by atoms with Crippen LogP contribution in [-0.2, 0) is 25.7 Å². The number of alkyl halides is 3. The van der Waals surface area contributed by atoms with Crippen molar-refractivity contribution >= 4 is 0 Å². The molecule has 0 atom stereocenters. The third-order valence-corrected chi connectivity index (χ3v) is 5.27. The van der Waals surface area contributed by atoms with Gasteiger partial charge in [0, 0.05) is 36.8 Å². The van der Waals surface area contributed by atoms with Gasteiger partial charge in [-0.05, 0) is 36.4 Å². The molecule has 8 heteroatoms. The molecule has 0 spiro atoms. The van der Waals surface area contributed by atoms with Crippen LogP contribution in [0.3, 0.4) is 0 Å². The standard InChI is InChI=1S/C23H18F3N3O2/c24-23(25,26)17-4-1-3-15(11-17)20-7-6-18(31-20)14-29-9-8-19-16(13-29)12-27-22(28-19)21-5-2-10-30-21/h1-7,10-12H,8-9,13-14H2. The summed E-state index contributed by atoms with van der Waals surface area (Å²) < 4.78 is 50.1. The maximum atomic E-state index is 13.0. The lowest BCUT2D eigenvalue weighted by atomic mass is 10.1. The van der Waals surface area contributed by atoms with E-state index in [0.29, 0.717) is 41.8 Å². The van der Waals surface area contributed by atoms with Gasteiger partial charge in [0.15, 0.2) is 11.6 Å². The van der Waals surface area contributed by atoms with E-state index in [1.54, 1.807) is 24.5 Å². The van der Waals surface area contributed by atoms with E-state index in [9.17, 15) is 13.2 Å². The van der Waals surface area contributed by atoms with Gasteiger partial charge in [0.05, 0.1) is 24.1 Å². The van der Waals surface area contributed by atoms with Gasteiger partial charge in [0.1, 0.15) is 11.5 Å². The number of fused-ring (bicyclic) bond motifs is 1. The number of rotatable bonds is 4. The van der Waals surface area contributed by atoms with Crippen molar-refractivity contribution in [2.45, 2.75) is 25.7 Å². The molecule has 5 nitrogen and oxygen atoms in total. The molecule has 1 aromatic carbocycles. The largest absolute Gasteiger partial charge is 0.461 e. The second kappa shape index (κ2) is 7.70. The highest BCUT2D eigenvalue weighted by atomic mass is 19.4. The molecule has 0 radical (unpaired) electrons. The van der Waals surface area contributed by atoms with Crippen LogP contribution in [-0.4, -0.2) is 21.4 Å². The lowest BCUT2D eigenvalue weighted by molar-refractivity contribution is -0.137. The summed E-state index contributed by atoms with van der Waals surface area (Å²) in [5.41, 5.74) is 1.77. The van der Waals surface area contributed by atoms with E-state index in [-0.39, 0.29) is 0 Å². The van der Waals surface area contributed by atoms with E-state index in [1.165, 1.54) is 6.07 Å². The van der Waals surface area contributed by atoms with Crippen molar-refractivity contribution in [2.24, 2.45) is 0 Å². The van der Waals surface area contributed by atoms with Crippen LogP contribution in [0.4, 0.5) is 13.2 Å². The zero-order chi connectivity index (χ0) is 21.4. The third kappa shape index (κ3) is 4.11. The maximum Gasteiger partial charge on any atom is 0.416 e. The molecule has 0 amide bonds. The number of hydrogen-bond acceptors (Lipinski definition) is 5. The molecular weight excluding hydrogens is 407 g/mol. The molecule has 4 aromatic rings. The van der Waals surface area contributed by atoms with E-state index < -0.39 is 11.7 Å². The Morgan fingerprint density at radius 1 is 1.03 bits per heavy atom. The summed E-state index contributed by atoms with van der Waals surface area (Å²) in [6.07, 6.45) is -0.197. The predicted molar refractivity (Wildman–Crippen MR) is 107 cm³/mol. The number of hydrogen-bond donors (Lipinski definition) is 0. The fraction of sp³-hybridized carbons (Fsp3) is 0.217. The molecule has 1 aliphatic heterocycles. The maximum absolute atomic E-state index is 13.0. The summed E-state index contributed by atoms with van der Waals surface area (Å²) in [6, 6.07) is 12.3. The molecule has 0 fully saturated rings. The Morgan fingerprint density at radius 3 is 2.74 bits per heavy atom. The van der Waals surface area contributed by atoms with Gasteiger partial charge in [-0.3, -0.25) is 4.90 Å². The summed E-state index contributed by atoms with van der Waals surface area (Å²) >= 11 is 0. The second-order valence-electron chi connectivity index (χ2n) is 7.45. The molecule has 0 unspecified atom stereocenters. The van der Waals surface area contributed by atoms with Gasteiger partial charge in [-0.2, -0.15) is 13.2 Å². The minimum atomic E-state index is -4.38. The van der Waals surface area contributed by atoms with Crippen LogP contribution in [0.2, 0.25) is 0 Å². The van der Waals surface area contributed by atoms with Gasteiger partial charge in [-0.25, -0.2) is 9.97 Å². The molecule has 1 aliphatic rings. The highest BCUT2D eigenvalue weighted by Crippen LogP contribution is 2.33. The lowest BCUT2D eigenvalue weighted by Crippen LogP contribution is -2.30. The minimum Gasteiger partial charge on any atom is -0.461 e. The molecule has 0 N–H and O–H groups in total. The van der Waals surface area contributed by atoms with Crippen molar-refractivity contribution in [3.8, 4) is 22.9 Å². The molecule has 0 saturated heterocycles. The number of nitrogens with zero attached hydrogens (tertiary/aromatic N) is 3. The van der Waals surface area contributed by atoms with Gasteiger partial charge in [0.2, 0.25) is 0 Å². The topological polar surface area (TPSA) is 55.3 Å². The number of furan rings is 2. The first kappa shape index (κ1) is 19.6. The van der Waals surface area contributed by atoms with Crippen molar-refractivity contribution < 1.29 is 22.0 Å². The van der Waals surface area contributed by atoms with Gasteiger partial charge in [0.25, 0.3) is 0 Å². The Balaban J connectivity index is 1.29. The zero-order valence-corrected chi connectivity index (χ0v) is 16.4. The van der Waals surface area contributed by atoms with E-state index in [2.05, 4.69) is 14.9 Å². The van der Waals surface area contributed by atoms with Gasteiger partial charge in [-0.15, -0.1) is 0 Å². The summed E-state index contributed by atoms with van der Waals surface area (Å²) in [7, 11) is 0. The Kier molecular flexibility index (Phi) is 4.86. The van der Waals surface area contributed by atoms with Crippen molar-refractivity contribution in [1.29, 1.82) is 0 Å². The highest BCUT2D eigenvalue weighted by molar-refractivity contribution is 5.59. The Bertz CT molecular complexity index is 1200. The number of benzene rings is 1. The Morgan fingerprint density at radius 2 is 1.94 bits per heavy atom. The van der Waals surface area contributed by atoms with Crippen molar-refractivity contribution in [3.63, 3.8) is 0 Å². The SMILES string of the molecule is FC(F)(F)c1cccc(-c2ccc(CN3CCc4nc(-c5ccco5)ncc4C3)o2)c1. The quantitative estimate of drug-likeness (QED) is 0.428. The van der Waals surface area contributed by atoms with E-state index in [1.807, 2.05) is 18.3 Å². The Hall–Kier alpha value is -3.39. The molecule has 0 saturated carbocycles. The Labute approximate surface area is 176 Å². The molecule has 3 aromatic heterocycles. The molecule has 0 aliphatic carbocycles. The summed E-state index contributed by atoms with van der Waals surface area (Å²) in [5.74, 6) is 2.34. The van der Waals surface area contributed by atoms with E-state index >= 15 is 0 Å². The zero-order valence-electron chi connectivity index (χ0n) is 16.4. The van der Waals surface area contributed by atoms with Crippen LogP contribution >= 0.6 is 0 Å². The van der Waals surface area contributed by atoms with Crippen LogP contribution < -0.4 is 0 Å². The number of halogens is 3. The lowest BCUT2D eigenvalue weighted by Gasteiger charge is -2.27. The average molecular weight is 425 g/mol. The van der Waals surface area contributed by atoms with Crippen LogP contribution in [0.5, 0.6) is 0 Å². The van der Waals surface area contributed by atoms with Gasteiger partial charge in [-0.1, -0.05) is 12.1 Å². The first-order valence-corrected chi connectivity index (χ1v) is 9.83. The minimum absolute atomic E-state index is 0.406. The summed E-state index contributed by atoms with van der Waals surface area (Å²) in [5, 5.41) is 0. The fourth-order valence-electron chi connectivity index (χ4n) is 3.72. The molecule has 31 heavy (non-hydrogen) atoms. The van der Waals surface area contributed by atoms with Crippen LogP contribution in [0.15, 0.2) is 69.8 Å². The summed E-state index contributed by atoms with van der Waals surface area (Å²) in [4.78, 5) is 11.2. The normalized spacial score (nSPS) is 14.5. The van der Waals surface area contributed by atoms with E-state index in [4.69, 9.17) is 8.83 Å². The molecule has 5 rings (SSSR count). The smallest absolute Gasteiger partial charge is 0.416 e. The predicted octanol–water partition coefficient (Wildman–Crippen LogP) is 5.57. The third-order valence-electron chi connectivity index (χ3n) is 5.27. The van der Waals surface area contributed by atoms with Gasteiger partial charge < -0.3 is 8.83 Å². The number of aromatic nitrogens is 2. The molecular formula is C23H18F3N3O2. The first-order chi connectivity index (χ1) is 15.0. The van der Waals surface area contributed by atoms with Crippen LogP contribution in [0, 0.1) is 0 Å². The van der Waals surface area contributed by atoms with Crippen molar-refractivity contribution in [2.75, 3.05) is 6.54 Å². The first-order valence-electron chi connectivity index (χ1n) is 9.83. The van der Waals surface area contributed by atoms with Crippen LogP contribution in [0.25, 0.3) is 22.9 Å². The fourth-order valence-corrected chi connectivity index (χ4v) is 3.72. The van der Waals surface area contributed by atoms with Crippen molar-refractivity contribution in [1.82, 2.24) is 14.9 Å². The molecule has 158 valence electrons.